The number of hydrogen-bond acceptors (Lipinski definition) is 5. The normalized spacial score (nSPS) is 24.1. The molecule has 2 fully saturated rings. The number of hydrogen-bond donors (Lipinski definition) is 1. The second kappa shape index (κ2) is 6.68. The van der Waals surface area contributed by atoms with E-state index in [2.05, 4.69) is 27.3 Å². The number of aromatic nitrogens is 2. The Kier molecular flexibility index (Phi) is 4.68. The molecule has 112 valence electrons. The highest BCUT2D eigenvalue weighted by Gasteiger charge is 2.30. The first-order valence-corrected chi connectivity index (χ1v) is 8.14. The van der Waals surface area contributed by atoms with Crippen LogP contribution in [0.25, 0.3) is 0 Å². The van der Waals surface area contributed by atoms with Gasteiger partial charge in [-0.1, -0.05) is 18.5 Å². The minimum Gasteiger partial charge on any atom is -0.338 e. The van der Waals surface area contributed by atoms with Crippen LogP contribution in [-0.2, 0) is 6.54 Å². The van der Waals surface area contributed by atoms with Crippen LogP contribution in [0.3, 0.4) is 0 Å². The van der Waals surface area contributed by atoms with Crippen molar-refractivity contribution in [2.45, 2.75) is 64.0 Å². The Labute approximate surface area is 121 Å². The summed E-state index contributed by atoms with van der Waals surface area (Å²) in [5.74, 6) is 2.31. The Morgan fingerprint density at radius 2 is 2.20 bits per heavy atom. The lowest BCUT2D eigenvalue weighted by Gasteiger charge is -2.34. The van der Waals surface area contributed by atoms with Gasteiger partial charge in [-0.25, -0.2) is 0 Å². The number of nitrogens with one attached hydrogen (secondary N) is 1. The van der Waals surface area contributed by atoms with E-state index in [0.717, 1.165) is 37.9 Å². The molecule has 0 radical (unpaired) electrons. The third-order valence-electron chi connectivity index (χ3n) is 4.32. The van der Waals surface area contributed by atoms with E-state index in [1.807, 2.05) is 0 Å². The summed E-state index contributed by atoms with van der Waals surface area (Å²) in [7, 11) is 0. The quantitative estimate of drug-likeness (QED) is 0.776. The van der Waals surface area contributed by atoms with Crippen molar-refractivity contribution in [2.24, 2.45) is 0 Å². The van der Waals surface area contributed by atoms with Gasteiger partial charge in [-0.3, -0.25) is 4.90 Å². The molecule has 1 aromatic rings. The zero-order chi connectivity index (χ0) is 13.8. The molecule has 1 aliphatic carbocycles. The smallest absolute Gasteiger partial charge is 0.240 e. The zero-order valence-corrected chi connectivity index (χ0v) is 12.5. The molecule has 2 heterocycles. The molecule has 1 atom stereocenters. The lowest BCUT2D eigenvalue weighted by atomic mass is 10.0. The van der Waals surface area contributed by atoms with Gasteiger partial charge in [0, 0.05) is 18.5 Å². The summed E-state index contributed by atoms with van der Waals surface area (Å²) in [4.78, 5) is 7.07. The van der Waals surface area contributed by atoms with Crippen molar-refractivity contribution < 1.29 is 4.52 Å². The van der Waals surface area contributed by atoms with Crippen LogP contribution in [-0.4, -0.2) is 40.7 Å². The third kappa shape index (κ3) is 3.58. The highest BCUT2D eigenvalue weighted by Crippen LogP contribution is 2.38. The molecule has 0 aromatic carbocycles. The Balaban J connectivity index is 1.54. The predicted molar refractivity (Wildman–Crippen MR) is 77.5 cm³/mol. The summed E-state index contributed by atoms with van der Waals surface area (Å²) >= 11 is 0. The molecule has 1 saturated carbocycles. The van der Waals surface area contributed by atoms with Gasteiger partial charge in [0.05, 0.1) is 6.54 Å². The number of nitrogens with zero attached hydrogens (tertiary/aromatic N) is 3. The Morgan fingerprint density at radius 3 is 3.00 bits per heavy atom. The molecule has 0 amide bonds. The highest BCUT2D eigenvalue weighted by molar-refractivity contribution is 5.03. The minimum absolute atomic E-state index is 0.580. The van der Waals surface area contributed by atoms with Gasteiger partial charge in [0.15, 0.2) is 5.82 Å². The lowest BCUT2D eigenvalue weighted by Crippen LogP contribution is -2.45. The summed E-state index contributed by atoms with van der Waals surface area (Å²) in [6.07, 6.45) is 7.56. The van der Waals surface area contributed by atoms with Crippen LogP contribution in [0.1, 0.15) is 63.1 Å². The van der Waals surface area contributed by atoms with Gasteiger partial charge in [-0.05, 0) is 45.2 Å². The fraction of sp³-hybridized carbons (Fsp3) is 0.867. The zero-order valence-electron chi connectivity index (χ0n) is 12.5. The molecule has 0 bridgehead atoms. The Bertz CT molecular complexity index is 416. The van der Waals surface area contributed by atoms with Crippen LogP contribution in [0, 0.1) is 0 Å². The summed E-state index contributed by atoms with van der Waals surface area (Å²) in [6, 6.07) is 0.617. The van der Waals surface area contributed by atoms with Gasteiger partial charge in [-0.2, -0.15) is 4.98 Å². The fourth-order valence-electron chi connectivity index (χ4n) is 2.96. The van der Waals surface area contributed by atoms with Crippen molar-refractivity contribution in [2.75, 3.05) is 19.6 Å². The van der Waals surface area contributed by atoms with Gasteiger partial charge in [0.25, 0.3) is 0 Å². The predicted octanol–water partition coefficient (Wildman–Crippen LogP) is 2.30. The Hall–Kier alpha value is -0.940. The van der Waals surface area contributed by atoms with Crippen LogP contribution in [0.5, 0.6) is 0 Å². The maximum absolute atomic E-state index is 5.42. The average molecular weight is 278 g/mol. The van der Waals surface area contributed by atoms with Crippen LogP contribution in [0.2, 0.25) is 0 Å². The van der Waals surface area contributed by atoms with Gasteiger partial charge >= 0.3 is 0 Å². The molecule has 20 heavy (non-hydrogen) atoms. The van der Waals surface area contributed by atoms with E-state index >= 15 is 0 Å². The number of piperidine rings is 1. The molecule has 3 rings (SSSR count). The van der Waals surface area contributed by atoms with Crippen molar-refractivity contribution in [3.8, 4) is 0 Å². The minimum atomic E-state index is 0.580. The van der Waals surface area contributed by atoms with Gasteiger partial charge in [0.2, 0.25) is 5.89 Å². The van der Waals surface area contributed by atoms with Crippen molar-refractivity contribution in [1.29, 1.82) is 0 Å². The summed E-state index contributed by atoms with van der Waals surface area (Å²) in [6.45, 7) is 6.37. The topological polar surface area (TPSA) is 54.2 Å². The first-order chi connectivity index (χ1) is 9.86. The van der Waals surface area contributed by atoms with Crippen LogP contribution < -0.4 is 5.32 Å². The van der Waals surface area contributed by atoms with E-state index in [-0.39, 0.29) is 0 Å². The van der Waals surface area contributed by atoms with E-state index in [1.165, 1.54) is 38.5 Å². The van der Waals surface area contributed by atoms with E-state index in [4.69, 9.17) is 4.52 Å². The maximum atomic E-state index is 5.42. The average Bonchev–Trinajstić information content (AvgIpc) is 3.22. The monoisotopic (exact) mass is 278 g/mol. The van der Waals surface area contributed by atoms with E-state index < -0.39 is 0 Å². The van der Waals surface area contributed by atoms with E-state index in [9.17, 15) is 0 Å². The van der Waals surface area contributed by atoms with Crippen LogP contribution >= 0.6 is 0 Å². The van der Waals surface area contributed by atoms with Crippen molar-refractivity contribution in [1.82, 2.24) is 20.4 Å². The summed E-state index contributed by atoms with van der Waals surface area (Å²) in [5, 5.41) is 7.66. The maximum Gasteiger partial charge on any atom is 0.240 e. The molecule has 2 aliphatic rings. The fourth-order valence-corrected chi connectivity index (χ4v) is 2.96. The van der Waals surface area contributed by atoms with Gasteiger partial charge in [-0.15, -0.1) is 0 Å². The van der Waals surface area contributed by atoms with Gasteiger partial charge in [0.1, 0.15) is 0 Å². The first-order valence-electron chi connectivity index (χ1n) is 8.14. The molecule has 1 aromatic heterocycles. The molecule has 1 unspecified atom stereocenters. The van der Waals surface area contributed by atoms with Crippen molar-refractivity contribution in [3.05, 3.63) is 11.7 Å². The van der Waals surface area contributed by atoms with Crippen LogP contribution in [0.15, 0.2) is 4.52 Å². The molecule has 5 nitrogen and oxygen atoms in total. The van der Waals surface area contributed by atoms with Crippen LogP contribution in [0.4, 0.5) is 0 Å². The molecular formula is C15H26N4O. The standard InChI is InChI=1S/C15H26N4O/c1-2-8-16-10-13-5-3-4-9-19(13)11-14-17-15(18-20-14)12-6-7-12/h12-13,16H,2-11H2,1H3. The third-order valence-corrected chi connectivity index (χ3v) is 4.32. The van der Waals surface area contributed by atoms with Gasteiger partial charge < -0.3 is 9.84 Å². The summed E-state index contributed by atoms with van der Waals surface area (Å²) < 4.78 is 5.42. The Morgan fingerprint density at radius 1 is 1.30 bits per heavy atom. The SMILES string of the molecule is CCCNCC1CCCCN1Cc1nc(C2CC2)no1. The molecule has 1 saturated heterocycles. The highest BCUT2D eigenvalue weighted by atomic mass is 16.5. The van der Waals surface area contributed by atoms with Crippen molar-refractivity contribution in [3.63, 3.8) is 0 Å². The second-order valence-electron chi connectivity index (χ2n) is 6.14. The molecule has 1 aliphatic heterocycles. The van der Waals surface area contributed by atoms with E-state index in [1.54, 1.807) is 0 Å². The largest absolute Gasteiger partial charge is 0.338 e. The first kappa shape index (κ1) is 14.0. The molecule has 0 spiro atoms. The van der Waals surface area contributed by atoms with E-state index in [0.29, 0.717) is 12.0 Å². The second-order valence-corrected chi connectivity index (χ2v) is 6.14. The lowest BCUT2D eigenvalue weighted by molar-refractivity contribution is 0.122. The summed E-state index contributed by atoms with van der Waals surface area (Å²) in [5.41, 5.74) is 0. The molecule has 1 N–H and O–H groups in total. The number of likely N-dealkylation sites (tertiary alicyclic amines) is 1. The number of rotatable bonds is 7. The van der Waals surface area contributed by atoms with Crippen molar-refractivity contribution >= 4 is 0 Å². The molecular weight excluding hydrogens is 252 g/mol. The molecule has 5 heteroatoms.